The van der Waals surface area contributed by atoms with Crippen molar-refractivity contribution in [1.29, 1.82) is 0 Å². The minimum absolute atomic E-state index is 0. The Balaban J connectivity index is 0. The van der Waals surface area contributed by atoms with Gasteiger partial charge in [0.2, 0.25) is 5.91 Å². The molecule has 0 saturated heterocycles. The summed E-state index contributed by atoms with van der Waals surface area (Å²) in [7, 11) is -2.43. The van der Waals surface area contributed by atoms with Crippen LogP contribution in [0.3, 0.4) is 0 Å². The van der Waals surface area contributed by atoms with E-state index in [9.17, 15) is 13.2 Å². The van der Waals surface area contributed by atoms with Crippen molar-refractivity contribution in [2.45, 2.75) is 96.8 Å². The van der Waals surface area contributed by atoms with Gasteiger partial charge in [0.05, 0.1) is 5.75 Å². The molecule has 0 fully saturated rings. The average Bonchev–Trinajstić information content (AvgIpc) is 2.62. The van der Waals surface area contributed by atoms with Crippen LogP contribution in [0.5, 0.6) is 0 Å². The summed E-state index contributed by atoms with van der Waals surface area (Å²) in [6, 6.07) is 0. The maximum Gasteiger partial charge on any atom is 0.266 e. The number of hydrogen-bond acceptors (Lipinski definition) is 3. The first-order chi connectivity index (χ1) is 12.9. The summed E-state index contributed by atoms with van der Waals surface area (Å²) in [6.45, 7) is 2.29. The third-order valence-corrected chi connectivity index (χ3v) is 5.46. The molecule has 0 aromatic heterocycles. The molecule has 0 aliphatic heterocycles. The van der Waals surface area contributed by atoms with Crippen LogP contribution in [-0.4, -0.2) is 72.7 Å². The van der Waals surface area contributed by atoms with E-state index < -0.39 is 15.9 Å². The Morgan fingerprint density at radius 2 is 1.32 bits per heavy atom. The van der Waals surface area contributed by atoms with Gasteiger partial charge in [-0.2, -0.15) is 8.42 Å². The predicted molar refractivity (Wildman–Crippen MR) is 119 cm³/mol. The fourth-order valence-electron chi connectivity index (χ4n) is 2.91. The molecule has 161 valence electrons. The Morgan fingerprint density at radius 1 is 0.857 bits per heavy atom. The largest absolute Gasteiger partial charge is 0.345 e. The van der Waals surface area contributed by atoms with Crippen molar-refractivity contribution < 1.29 is 17.8 Å². The summed E-state index contributed by atoms with van der Waals surface area (Å²) in [5.41, 5.74) is 0. The molecule has 0 unspecified atom stereocenters. The van der Waals surface area contributed by atoms with Gasteiger partial charge in [0.25, 0.3) is 10.1 Å². The Labute approximate surface area is 195 Å². The van der Waals surface area contributed by atoms with Crippen molar-refractivity contribution in [2.24, 2.45) is 0 Å². The quantitative estimate of drug-likeness (QED) is 0.145. The number of rotatable bonds is 18. The molecule has 0 rings (SSSR count). The molecule has 1 N–H and O–H groups in total. The predicted octanol–water partition coefficient (Wildman–Crippen LogP) is 4.99. The number of carbonyl (C=O) groups is 1. The van der Waals surface area contributed by atoms with Crippen LogP contribution in [0, 0.1) is 0 Å². The monoisotopic (exact) mass is 426 g/mol. The standard InChI is InChI=1S/C21H41NO4S.Na/c1-3-4-5-6-7-8-9-10-11-12-13-14-15-16-17-18-21(23)22(2)19-20-27(24,25)26;/h10-11H,3-9,12-20H2,1-2H3,(H,24,25,26);/b11-10-;. The Morgan fingerprint density at radius 3 is 1.82 bits per heavy atom. The summed E-state index contributed by atoms with van der Waals surface area (Å²) in [6.07, 6.45) is 20.9. The van der Waals surface area contributed by atoms with Gasteiger partial charge >= 0.3 is 0 Å². The molecule has 0 spiro atoms. The molecular weight excluding hydrogens is 385 g/mol. The van der Waals surface area contributed by atoms with Crippen LogP contribution in [0.1, 0.15) is 96.8 Å². The molecular formula is C21H41NNaO4S. The van der Waals surface area contributed by atoms with E-state index in [2.05, 4.69) is 19.1 Å². The van der Waals surface area contributed by atoms with Gasteiger partial charge in [0.15, 0.2) is 0 Å². The third kappa shape index (κ3) is 22.4. The Hall–Kier alpha value is 0.120. The van der Waals surface area contributed by atoms with Crippen molar-refractivity contribution in [1.82, 2.24) is 4.90 Å². The molecule has 0 atom stereocenters. The minimum Gasteiger partial charge on any atom is -0.345 e. The Kier molecular flexibility index (Phi) is 22.1. The van der Waals surface area contributed by atoms with E-state index in [-0.39, 0.29) is 42.0 Å². The van der Waals surface area contributed by atoms with Crippen LogP contribution in [0.4, 0.5) is 0 Å². The molecule has 0 aromatic carbocycles. The van der Waals surface area contributed by atoms with Gasteiger partial charge in [-0.3, -0.25) is 9.35 Å². The van der Waals surface area contributed by atoms with E-state index in [0.717, 1.165) is 25.7 Å². The molecule has 0 saturated carbocycles. The van der Waals surface area contributed by atoms with Crippen LogP contribution >= 0.6 is 0 Å². The molecule has 0 aliphatic carbocycles. The van der Waals surface area contributed by atoms with Gasteiger partial charge in [-0.1, -0.05) is 70.4 Å². The number of hydrogen-bond donors (Lipinski definition) is 1. The van der Waals surface area contributed by atoms with E-state index in [1.165, 1.54) is 62.7 Å². The van der Waals surface area contributed by atoms with Crippen molar-refractivity contribution in [2.75, 3.05) is 19.3 Å². The van der Waals surface area contributed by atoms with Gasteiger partial charge in [-0.15, -0.1) is 0 Å². The van der Waals surface area contributed by atoms with Gasteiger partial charge in [0, 0.05) is 49.6 Å². The number of carbonyl (C=O) groups excluding carboxylic acids is 1. The van der Waals surface area contributed by atoms with Gasteiger partial charge in [0.1, 0.15) is 0 Å². The second-order valence-corrected chi connectivity index (χ2v) is 9.01. The number of amides is 1. The zero-order valence-corrected chi connectivity index (χ0v) is 21.3. The van der Waals surface area contributed by atoms with Gasteiger partial charge < -0.3 is 4.90 Å². The van der Waals surface area contributed by atoms with Gasteiger partial charge in [-0.25, -0.2) is 0 Å². The summed E-state index contributed by atoms with van der Waals surface area (Å²) in [4.78, 5) is 13.2. The van der Waals surface area contributed by atoms with Crippen molar-refractivity contribution in [3.8, 4) is 0 Å². The summed E-state index contributed by atoms with van der Waals surface area (Å²) in [5.74, 6) is -0.460. The molecule has 0 heterocycles. The van der Waals surface area contributed by atoms with Crippen molar-refractivity contribution in [3.05, 3.63) is 12.2 Å². The molecule has 5 nitrogen and oxygen atoms in total. The van der Waals surface area contributed by atoms with Crippen molar-refractivity contribution in [3.63, 3.8) is 0 Å². The van der Waals surface area contributed by atoms with Crippen LogP contribution < -0.4 is 0 Å². The fraction of sp³-hybridized carbons (Fsp3) is 0.857. The minimum atomic E-state index is -4.00. The van der Waals surface area contributed by atoms with Gasteiger partial charge in [-0.05, 0) is 32.1 Å². The van der Waals surface area contributed by atoms with Crippen LogP contribution in [-0.2, 0) is 14.9 Å². The fourth-order valence-corrected chi connectivity index (χ4v) is 3.42. The molecule has 0 aliphatic rings. The summed E-state index contributed by atoms with van der Waals surface area (Å²) >= 11 is 0. The molecule has 7 heteroatoms. The first-order valence-corrected chi connectivity index (χ1v) is 12.3. The molecule has 0 bridgehead atoms. The second-order valence-electron chi connectivity index (χ2n) is 7.44. The number of nitrogens with zero attached hydrogens (tertiary/aromatic N) is 1. The van der Waals surface area contributed by atoms with E-state index in [4.69, 9.17) is 4.55 Å². The first-order valence-electron chi connectivity index (χ1n) is 10.7. The van der Waals surface area contributed by atoms with Crippen LogP contribution in [0.2, 0.25) is 0 Å². The molecule has 1 radical (unpaired) electrons. The Bertz CT molecular complexity index is 495. The number of allylic oxidation sites excluding steroid dienone is 2. The zero-order valence-electron chi connectivity index (χ0n) is 18.5. The molecule has 28 heavy (non-hydrogen) atoms. The summed E-state index contributed by atoms with van der Waals surface area (Å²) in [5, 5.41) is 0. The van der Waals surface area contributed by atoms with E-state index >= 15 is 0 Å². The van der Waals surface area contributed by atoms with Crippen molar-refractivity contribution >= 4 is 45.6 Å². The first kappa shape index (κ1) is 30.3. The van der Waals surface area contributed by atoms with E-state index in [1.54, 1.807) is 7.05 Å². The maximum absolute atomic E-state index is 11.8. The molecule has 1 amide bonds. The smallest absolute Gasteiger partial charge is 0.266 e. The molecule has 0 aromatic rings. The number of unbranched alkanes of at least 4 members (excludes halogenated alkanes) is 11. The van der Waals surface area contributed by atoms with Crippen LogP contribution in [0.15, 0.2) is 12.2 Å². The van der Waals surface area contributed by atoms with Crippen LogP contribution in [0.25, 0.3) is 0 Å². The average molecular weight is 427 g/mol. The topological polar surface area (TPSA) is 74.7 Å². The van der Waals surface area contributed by atoms with E-state index in [0.29, 0.717) is 6.42 Å². The SMILES string of the molecule is CCCCCCCC/C=C\CCCCCCCC(=O)N(C)CCS(=O)(=O)O.[Na]. The summed E-state index contributed by atoms with van der Waals surface area (Å²) < 4.78 is 30.1. The zero-order chi connectivity index (χ0) is 20.4. The normalized spacial score (nSPS) is 11.5. The maximum atomic E-state index is 11.8. The second kappa shape index (κ2) is 20.4. The third-order valence-electron chi connectivity index (χ3n) is 4.76. The van der Waals surface area contributed by atoms with E-state index in [1.807, 2.05) is 0 Å².